The van der Waals surface area contributed by atoms with E-state index in [0.29, 0.717) is 0 Å². The van der Waals surface area contributed by atoms with Gasteiger partial charge < -0.3 is 4.74 Å². The summed E-state index contributed by atoms with van der Waals surface area (Å²) in [7, 11) is 0. The molecule has 0 amide bonds. The van der Waals surface area contributed by atoms with Gasteiger partial charge in [-0.3, -0.25) is 4.79 Å². The molecule has 36 valence electrons. The molecule has 7 heavy (non-hydrogen) atoms. The number of esters is 1. The zero-order valence-corrected chi connectivity index (χ0v) is 3.25. The Morgan fingerprint density at radius 2 is 2.43 bits per heavy atom. The molecule has 0 rings (SSSR count). The highest BCUT2D eigenvalue weighted by Gasteiger charge is 1.93. The van der Waals surface area contributed by atoms with Crippen LogP contribution in [0.15, 0.2) is 0 Å². The topological polar surface area (TPSA) is 67.2 Å². The quantitative estimate of drug-likeness (QED) is 0.187. The van der Waals surface area contributed by atoms with E-state index in [1.165, 1.54) is 0 Å². The number of carbonyl (C=O) groups excluding carboxylic acids is 2. The summed E-state index contributed by atoms with van der Waals surface area (Å²) in [6.45, 7) is 0. The molecule has 0 aromatic heterocycles. The second-order valence-electron chi connectivity index (χ2n) is 0.630. The SMILES string of the molecule is N#COC(=O)C=O. The van der Waals surface area contributed by atoms with Crippen LogP contribution in [0.4, 0.5) is 0 Å². The van der Waals surface area contributed by atoms with Crippen LogP contribution in [0.5, 0.6) is 0 Å². The molecule has 0 aromatic carbocycles. The Labute approximate surface area is 39.3 Å². The normalized spacial score (nSPS) is 6.14. The number of hydrogen-bond donors (Lipinski definition) is 0. The molecule has 0 N–H and O–H groups in total. The minimum atomic E-state index is -1.16. The number of nitriles is 1. The lowest BCUT2D eigenvalue weighted by molar-refractivity contribution is -0.143. The summed E-state index contributed by atoms with van der Waals surface area (Å²) in [4.78, 5) is 18.9. The third-order valence-electron chi connectivity index (χ3n) is 0.242. The van der Waals surface area contributed by atoms with Crippen molar-refractivity contribution in [1.29, 1.82) is 5.26 Å². The Kier molecular flexibility index (Phi) is 2.29. The van der Waals surface area contributed by atoms with Crippen molar-refractivity contribution in [1.82, 2.24) is 0 Å². The largest absolute Gasteiger partial charge is 0.386 e. The molecule has 0 fully saturated rings. The molecule has 0 saturated carbocycles. The molecule has 0 aliphatic carbocycles. The zero-order valence-electron chi connectivity index (χ0n) is 3.25. The van der Waals surface area contributed by atoms with E-state index in [0.717, 1.165) is 6.26 Å². The Morgan fingerprint density at radius 1 is 1.86 bits per heavy atom. The maximum absolute atomic E-state index is 9.60. The number of hydrogen-bond acceptors (Lipinski definition) is 4. The van der Waals surface area contributed by atoms with Crippen LogP contribution < -0.4 is 0 Å². The van der Waals surface area contributed by atoms with Crippen molar-refractivity contribution in [3.8, 4) is 6.26 Å². The van der Waals surface area contributed by atoms with Crippen molar-refractivity contribution in [3.63, 3.8) is 0 Å². The average Bonchev–Trinajstić information content (AvgIpc) is 1.68. The fourth-order valence-electron chi connectivity index (χ4n) is 0.0690. The van der Waals surface area contributed by atoms with Crippen LogP contribution in [-0.2, 0) is 14.3 Å². The van der Waals surface area contributed by atoms with E-state index in [1.807, 2.05) is 0 Å². The van der Waals surface area contributed by atoms with Crippen molar-refractivity contribution in [3.05, 3.63) is 0 Å². The number of aldehydes is 1. The fourth-order valence-corrected chi connectivity index (χ4v) is 0.0690. The van der Waals surface area contributed by atoms with Gasteiger partial charge in [0.05, 0.1) is 0 Å². The summed E-state index contributed by atoms with van der Waals surface area (Å²) in [5.41, 5.74) is 0. The van der Waals surface area contributed by atoms with Gasteiger partial charge in [-0.25, -0.2) is 4.79 Å². The van der Waals surface area contributed by atoms with Gasteiger partial charge in [-0.15, -0.1) is 5.26 Å². The molecule has 0 spiro atoms. The first kappa shape index (κ1) is 5.63. The third kappa shape index (κ3) is 2.43. The van der Waals surface area contributed by atoms with Gasteiger partial charge in [-0.05, 0) is 0 Å². The lowest BCUT2D eigenvalue weighted by Gasteiger charge is -1.74. The number of carbonyl (C=O) groups is 2. The molecular formula is C3HNO3. The number of rotatable bonds is 1. The molecule has 4 heteroatoms. The number of ether oxygens (including phenoxy) is 1. The monoisotopic (exact) mass is 99.0 g/mol. The van der Waals surface area contributed by atoms with Crippen molar-refractivity contribution in [2.24, 2.45) is 0 Å². The summed E-state index contributed by atoms with van der Waals surface area (Å²) in [6.07, 6.45) is 0.957. The smallest absolute Gasteiger partial charge is 0.345 e. The molecule has 0 aliphatic heterocycles. The standard InChI is InChI=1S/C3HNO3/c4-2-7-3(6)1-5/h1H. The van der Waals surface area contributed by atoms with Crippen LogP contribution in [-0.4, -0.2) is 12.3 Å². The van der Waals surface area contributed by atoms with Crippen molar-refractivity contribution in [2.45, 2.75) is 0 Å². The van der Waals surface area contributed by atoms with Crippen molar-refractivity contribution in [2.75, 3.05) is 0 Å². The minimum absolute atomic E-state index is 0.0801. The zero-order chi connectivity index (χ0) is 5.70. The Balaban J connectivity index is 3.42. The van der Waals surface area contributed by atoms with Gasteiger partial charge in [0.25, 0.3) is 6.26 Å². The van der Waals surface area contributed by atoms with Crippen LogP contribution >= 0.6 is 0 Å². The highest BCUT2D eigenvalue weighted by molar-refractivity contribution is 6.20. The van der Waals surface area contributed by atoms with E-state index in [2.05, 4.69) is 4.74 Å². The molecule has 0 atom stereocenters. The highest BCUT2D eigenvalue weighted by Crippen LogP contribution is 1.63. The van der Waals surface area contributed by atoms with Gasteiger partial charge in [0.1, 0.15) is 0 Å². The minimum Gasteiger partial charge on any atom is -0.345 e. The van der Waals surface area contributed by atoms with Crippen LogP contribution in [0.3, 0.4) is 0 Å². The molecule has 0 heterocycles. The fraction of sp³-hybridized carbons (Fsp3) is 0. The molecular weight excluding hydrogens is 98.0 g/mol. The van der Waals surface area contributed by atoms with Gasteiger partial charge in [-0.2, -0.15) is 0 Å². The average molecular weight is 99.0 g/mol. The number of nitrogens with zero attached hydrogens (tertiary/aromatic N) is 1. The second-order valence-corrected chi connectivity index (χ2v) is 0.630. The Hall–Kier alpha value is -1.37. The van der Waals surface area contributed by atoms with Gasteiger partial charge in [0, 0.05) is 0 Å². The molecule has 0 aromatic rings. The molecule has 0 aliphatic rings. The molecule has 0 bridgehead atoms. The van der Waals surface area contributed by atoms with E-state index >= 15 is 0 Å². The predicted octanol–water partition coefficient (Wildman–Crippen LogP) is -0.790. The Morgan fingerprint density at radius 3 is 2.57 bits per heavy atom. The summed E-state index contributed by atoms with van der Waals surface area (Å²) in [5.74, 6) is -1.16. The Bertz CT molecular complexity index is 123. The van der Waals surface area contributed by atoms with E-state index < -0.39 is 5.97 Å². The molecule has 0 radical (unpaired) electrons. The maximum atomic E-state index is 9.60. The first-order chi connectivity index (χ1) is 3.31. The lowest BCUT2D eigenvalue weighted by Crippen LogP contribution is -1.98. The van der Waals surface area contributed by atoms with E-state index in [1.54, 1.807) is 0 Å². The summed E-state index contributed by atoms with van der Waals surface area (Å²) in [6, 6.07) is 0. The van der Waals surface area contributed by atoms with Gasteiger partial charge in [0.2, 0.25) is 6.29 Å². The first-order valence-electron chi connectivity index (χ1n) is 1.36. The van der Waals surface area contributed by atoms with Crippen molar-refractivity contribution >= 4 is 12.3 Å². The van der Waals surface area contributed by atoms with Gasteiger partial charge in [-0.1, -0.05) is 0 Å². The molecule has 0 unspecified atom stereocenters. The molecule has 4 nitrogen and oxygen atoms in total. The summed E-state index contributed by atoms with van der Waals surface area (Å²) < 4.78 is 3.49. The van der Waals surface area contributed by atoms with Gasteiger partial charge in [0.15, 0.2) is 0 Å². The first-order valence-corrected chi connectivity index (χ1v) is 1.36. The predicted molar refractivity (Wildman–Crippen MR) is 17.8 cm³/mol. The van der Waals surface area contributed by atoms with Crippen LogP contribution in [0.25, 0.3) is 0 Å². The maximum Gasteiger partial charge on any atom is 0.386 e. The van der Waals surface area contributed by atoms with Crippen LogP contribution in [0.2, 0.25) is 0 Å². The second kappa shape index (κ2) is 2.85. The lowest BCUT2D eigenvalue weighted by atomic mass is 10.8. The van der Waals surface area contributed by atoms with E-state index in [4.69, 9.17) is 5.26 Å². The van der Waals surface area contributed by atoms with Crippen LogP contribution in [0.1, 0.15) is 0 Å². The third-order valence-corrected chi connectivity index (χ3v) is 0.242. The van der Waals surface area contributed by atoms with Gasteiger partial charge >= 0.3 is 5.97 Å². The summed E-state index contributed by atoms with van der Waals surface area (Å²) in [5, 5.41) is 7.52. The van der Waals surface area contributed by atoms with E-state index in [9.17, 15) is 9.59 Å². The van der Waals surface area contributed by atoms with Crippen molar-refractivity contribution < 1.29 is 14.3 Å². The van der Waals surface area contributed by atoms with E-state index in [-0.39, 0.29) is 6.29 Å². The van der Waals surface area contributed by atoms with Crippen LogP contribution in [0, 0.1) is 11.5 Å². The summed E-state index contributed by atoms with van der Waals surface area (Å²) >= 11 is 0. The molecule has 0 saturated heterocycles. The highest BCUT2D eigenvalue weighted by atomic mass is 16.5.